The maximum atomic E-state index is 12.3. The van der Waals surface area contributed by atoms with Crippen LogP contribution in [0.3, 0.4) is 0 Å². The van der Waals surface area contributed by atoms with E-state index in [1.54, 1.807) is 11.8 Å². The zero-order valence-corrected chi connectivity index (χ0v) is 12.1. The van der Waals surface area contributed by atoms with E-state index in [4.69, 9.17) is 10.2 Å². The van der Waals surface area contributed by atoms with E-state index in [-0.39, 0.29) is 25.7 Å². The van der Waals surface area contributed by atoms with Crippen molar-refractivity contribution in [3.8, 4) is 0 Å². The van der Waals surface area contributed by atoms with Crippen LogP contribution in [-0.4, -0.2) is 64.8 Å². The van der Waals surface area contributed by atoms with Gasteiger partial charge in [-0.05, 0) is 13.3 Å². The zero-order valence-electron chi connectivity index (χ0n) is 12.1. The summed E-state index contributed by atoms with van der Waals surface area (Å²) in [7, 11) is 0. The van der Waals surface area contributed by atoms with Crippen molar-refractivity contribution in [1.29, 1.82) is 0 Å². The first kappa shape index (κ1) is 17.7. The van der Waals surface area contributed by atoms with Crippen LogP contribution in [0.25, 0.3) is 0 Å². The van der Waals surface area contributed by atoms with Gasteiger partial charge in [-0.1, -0.05) is 20.3 Å². The Kier molecular flexibility index (Phi) is 8.95. The molecule has 0 bridgehead atoms. The highest BCUT2D eigenvalue weighted by molar-refractivity contribution is 5.76. The van der Waals surface area contributed by atoms with Crippen LogP contribution in [0.4, 0.5) is 4.79 Å². The fraction of sp³-hybridized carbons (Fsp3) is 0.846. The topological polar surface area (TPSA) is 81.1 Å². The molecule has 0 aliphatic heterocycles. The van der Waals surface area contributed by atoms with E-state index >= 15 is 0 Å². The third-order valence-corrected chi connectivity index (χ3v) is 2.99. The Hall–Kier alpha value is -1.30. The van der Waals surface area contributed by atoms with Gasteiger partial charge in [0.1, 0.15) is 0 Å². The maximum absolute atomic E-state index is 12.3. The van der Waals surface area contributed by atoms with Gasteiger partial charge in [0.05, 0.1) is 12.5 Å². The minimum atomic E-state index is -0.909. The predicted octanol–water partition coefficient (Wildman–Crippen LogP) is 1.24. The maximum Gasteiger partial charge on any atom is 0.320 e. The molecule has 6 heteroatoms. The first-order valence-corrected chi connectivity index (χ1v) is 6.85. The molecule has 0 fully saturated rings. The number of nitrogens with zero attached hydrogens (tertiary/aromatic N) is 2. The van der Waals surface area contributed by atoms with E-state index in [2.05, 4.69) is 0 Å². The molecule has 0 aliphatic carbocycles. The molecule has 0 rings (SSSR count). The summed E-state index contributed by atoms with van der Waals surface area (Å²) in [6, 6.07) is -0.196. The SMILES string of the molecule is CCCCN(CCO)C(=O)N(CC)CC(C)C(=O)O. The summed E-state index contributed by atoms with van der Waals surface area (Å²) in [5.41, 5.74) is 0. The molecule has 0 spiro atoms. The number of aliphatic carboxylic acids is 1. The number of carboxylic acids is 1. The van der Waals surface area contributed by atoms with E-state index in [1.807, 2.05) is 13.8 Å². The van der Waals surface area contributed by atoms with Crippen molar-refractivity contribution >= 4 is 12.0 Å². The van der Waals surface area contributed by atoms with Crippen molar-refractivity contribution in [2.24, 2.45) is 5.92 Å². The van der Waals surface area contributed by atoms with Gasteiger partial charge in [-0.3, -0.25) is 4.79 Å². The number of urea groups is 1. The largest absolute Gasteiger partial charge is 0.481 e. The van der Waals surface area contributed by atoms with Crippen molar-refractivity contribution < 1.29 is 19.8 Å². The second-order valence-electron chi connectivity index (χ2n) is 4.62. The highest BCUT2D eigenvalue weighted by Gasteiger charge is 2.23. The zero-order chi connectivity index (χ0) is 14.8. The second-order valence-corrected chi connectivity index (χ2v) is 4.62. The number of hydrogen-bond donors (Lipinski definition) is 2. The Morgan fingerprint density at radius 2 is 1.79 bits per heavy atom. The number of aliphatic hydroxyl groups is 1. The standard InChI is InChI=1S/C13H26N2O4/c1-4-6-7-15(8-9-16)13(19)14(5-2)10-11(3)12(17)18/h11,16H,4-10H2,1-3H3,(H,17,18). The lowest BCUT2D eigenvalue weighted by molar-refractivity contribution is -0.141. The van der Waals surface area contributed by atoms with Crippen LogP contribution in [0.2, 0.25) is 0 Å². The van der Waals surface area contributed by atoms with Gasteiger partial charge in [0.2, 0.25) is 0 Å². The van der Waals surface area contributed by atoms with Gasteiger partial charge in [-0.25, -0.2) is 4.79 Å². The Morgan fingerprint density at radius 3 is 2.21 bits per heavy atom. The monoisotopic (exact) mass is 274 g/mol. The Bertz CT molecular complexity index is 284. The number of rotatable bonds is 9. The van der Waals surface area contributed by atoms with Gasteiger partial charge in [-0.2, -0.15) is 0 Å². The summed E-state index contributed by atoms with van der Waals surface area (Å²) in [5, 5.41) is 17.9. The fourth-order valence-corrected chi connectivity index (χ4v) is 1.72. The number of hydrogen-bond acceptors (Lipinski definition) is 3. The Morgan fingerprint density at radius 1 is 1.16 bits per heavy atom. The quantitative estimate of drug-likeness (QED) is 0.663. The summed E-state index contributed by atoms with van der Waals surface area (Å²) in [4.78, 5) is 26.2. The van der Waals surface area contributed by atoms with E-state index in [9.17, 15) is 9.59 Å². The molecule has 0 heterocycles. The molecule has 0 aromatic carbocycles. The van der Waals surface area contributed by atoms with E-state index in [1.165, 1.54) is 4.90 Å². The molecule has 6 nitrogen and oxygen atoms in total. The third kappa shape index (κ3) is 6.42. The van der Waals surface area contributed by atoms with Crippen molar-refractivity contribution in [1.82, 2.24) is 9.80 Å². The van der Waals surface area contributed by atoms with Gasteiger partial charge in [-0.15, -0.1) is 0 Å². The molecule has 1 unspecified atom stereocenters. The third-order valence-electron chi connectivity index (χ3n) is 2.99. The second kappa shape index (κ2) is 9.61. The van der Waals surface area contributed by atoms with Crippen molar-refractivity contribution in [3.05, 3.63) is 0 Å². The van der Waals surface area contributed by atoms with E-state index in [0.29, 0.717) is 13.1 Å². The van der Waals surface area contributed by atoms with Crippen molar-refractivity contribution in [3.63, 3.8) is 0 Å². The van der Waals surface area contributed by atoms with Crippen LogP contribution in [0, 0.1) is 5.92 Å². The normalized spacial score (nSPS) is 12.0. The lowest BCUT2D eigenvalue weighted by Gasteiger charge is -2.30. The number of carbonyl (C=O) groups is 2. The molecule has 0 radical (unpaired) electrons. The van der Waals surface area contributed by atoms with Gasteiger partial charge in [0.15, 0.2) is 0 Å². The van der Waals surface area contributed by atoms with Crippen molar-refractivity contribution in [2.45, 2.75) is 33.6 Å². The molecule has 0 saturated heterocycles. The van der Waals surface area contributed by atoms with Gasteiger partial charge < -0.3 is 20.0 Å². The highest BCUT2D eigenvalue weighted by Crippen LogP contribution is 2.06. The Balaban J connectivity index is 4.61. The molecule has 2 amide bonds. The highest BCUT2D eigenvalue weighted by atomic mass is 16.4. The molecule has 0 aromatic rings. The van der Waals surface area contributed by atoms with Crippen LogP contribution in [0.15, 0.2) is 0 Å². The number of carbonyl (C=O) groups excluding carboxylic acids is 1. The molecule has 2 N–H and O–H groups in total. The number of unbranched alkanes of at least 4 members (excludes halogenated alkanes) is 1. The number of aliphatic hydroxyl groups excluding tert-OH is 1. The van der Waals surface area contributed by atoms with Gasteiger partial charge in [0, 0.05) is 26.2 Å². The van der Waals surface area contributed by atoms with Crippen molar-refractivity contribution in [2.75, 3.05) is 32.8 Å². The van der Waals surface area contributed by atoms with Crippen LogP contribution in [-0.2, 0) is 4.79 Å². The van der Waals surface area contributed by atoms with Gasteiger partial charge >= 0.3 is 12.0 Å². The van der Waals surface area contributed by atoms with E-state index < -0.39 is 11.9 Å². The summed E-state index contributed by atoms with van der Waals surface area (Å²) in [5.74, 6) is -1.50. The van der Waals surface area contributed by atoms with Crippen LogP contribution >= 0.6 is 0 Å². The fourth-order valence-electron chi connectivity index (χ4n) is 1.72. The van der Waals surface area contributed by atoms with E-state index in [0.717, 1.165) is 12.8 Å². The first-order valence-electron chi connectivity index (χ1n) is 6.85. The minimum absolute atomic E-state index is 0.0819. The molecule has 0 aliphatic rings. The molecular weight excluding hydrogens is 248 g/mol. The number of carboxylic acid groups (broad SMARTS) is 1. The summed E-state index contributed by atoms with van der Waals surface area (Å²) < 4.78 is 0. The number of amides is 2. The molecule has 19 heavy (non-hydrogen) atoms. The lowest BCUT2D eigenvalue weighted by Crippen LogP contribution is -2.47. The summed E-state index contributed by atoms with van der Waals surface area (Å²) in [6.45, 7) is 6.89. The smallest absolute Gasteiger partial charge is 0.320 e. The average molecular weight is 274 g/mol. The summed E-state index contributed by atoms with van der Waals surface area (Å²) >= 11 is 0. The molecule has 0 aromatic heterocycles. The van der Waals surface area contributed by atoms with Crippen LogP contribution < -0.4 is 0 Å². The summed E-state index contributed by atoms with van der Waals surface area (Å²) in [6.07, 6.45) is 1.84. The Labute approximate surface area is 115 Å². The average Bonchev–Trinajstić information content (AvgIpc) is 2.39. The molecule has 1 atom stereocenters. The molecule has 112 valence electrons. The first-order chi connectivity index (χ1) is 8.97. The van der Waals surface area contributed by atoms with Crippen LogP contribution in [0.5, 0.6) is 0 Å². The lowest BCUT2D eigenvalue weighted by atomic mass is 10.2. The van der Waals surface area contributed by atoms with Gasteiger partial charge in [0.25, 0.3) is 0 Å². The molecule has 0 saturated carbocycles. The minimum Gasteiger partial charge on any atom is -0.481 e. The van der Waals surface area contributed by atoms with Crippen LogP contribution in [0.1, 0.15) is 33.6 Å². The molecular formula is C13H26N2O4. The predicted molar refractivity (Wildman–Crippen MR) is 73.0 cm³/mol.